The van der Waals surface area contributed by atoms with Crippen molar-refractivity contribution in [1.82, 2.24) is 10.6 Å². The number of hydrogen-bond donors (Lipinski definition) is 2. The minimum Gasteiger partial charge on any atom is -0.381 e. The molecule has 2 fully saturated rings. The van der Waals surface area contributed by atoms with Crippen molar-refractivity contribution in [2.75, 3.05) is 26.8 Å². The molecule has 0 aromatic heterocycles. The quantitative estimate of drug-likeness (QED) is 0.299. The predicted molar refractivity (Wildman–Crippen MR) is 125 cm³/mol. The Kier molecular flexibility index (Phi) is 9.55. The van der Waals surface area contributed by atoms with Gasteiger partial charge in [0.15, 0.2) is 5.96 Å². The van der Waals surface area contributed by atoms with Crippen molar-refractivity contribution in [1.29, 1.82) is 0 Å². The van der Waals surface area contributed by atoms with Crippen molar-refractivity contribution >= 4 is 41.5 Å². The zero-order valence-electron chi connectivity index (χ0n) is 17.1. The molecule has 3 rings (SSSR count). The summed E-state index contributed by atoms with van der Waals surface area (Å²) in [5, 5.41) is 7.28. The number of ether oxygens (including phenoxy) is 1. The predicted octanol–water partition coefficient (Wildman–Crippen LogP) is 5.29. The highest BCUT2D eigenvalue weighted by Gasteiger charge is 2.42. The standard InChI is InChI=1S/C21H29ClF3N3O.HI/c1-26-19(28-16-6-4-5-15(13-16)21(23,24)25)27-14-20(9-11-29-12-10-20)17-7-2-3-8-18(17)22;/h2-3,7-8,15-16H,4-6,9-14H2,1H3,(H2,26,27,28);1H. The fourth-order valence-electron chi connectivity index (χ4n) is 4.45. The lowest BCUT2D eigenvalue weighted by atomic mass is 9.74. The third kappa shape index (κ3) is 6.38. The van der Waals surface area contributed by atoms with Gasteiger partial charge in [0.1, 0.15) is 0 Å². The van der Waals surface area contributed by atoms with E-state index >= 15 is 0 Å². The molecule has 30 heavy (non-hydrogen) atoms. The first-order valence-corrected chi connectivity index (χ1v) is 10.6. The molecular weight excluding hydrogens is 530 g/mol. The zero-order valence-corrected chi connectivity index (χ0v) is 20.2. The number of benzene rings is 1. The summed E-state index contributed by atoms with van der Waals surface area (Å²) in [6.45, 7) is 1.89. The molecule has 170 valence electrons. The van der Waals surface area contributed by atoms with Crippen molar-refractivity contribution in [2.24, 2.45) is 10.9 Å². The number of guanidine groups is 1. The molecule has 0 amide bonds. The molecule has 1 aliphatic carbocycles. The molecule has 4 nitrogen and oxygen atoms in total. The Morgan fingerprint density at radius 3 is 2.57 bits per heavy atom. The van der Waals surface area contributed by atoms with E-state index in [4.69, 9.17) is 16.3 Å². The first kappa shape index (κ1) is 25.5. The summed E-state index contributed by atoms with van der Waals surface area (Å²) in [5.74, 6) is -0.701. The van der Waals surface area contributed by atoms with E-state index < -0.39 is 12.1 Å². The highest BCUT2D eigenvalue weighted by molar-refractivity contribution is 14.0. The zero-order chi connectivity index (χ0) is 20.9. The lowest BCUT2D eigenvalue weighted by Crippen LogP contribution is -2.51. The maximum Gasteiger partial charge on any atom is 0.391 e. The Hall–Kier alpha value is -0.740. The van der Waals surface area contributed by atoms with E-state index in [1.54, 1.807) is 7.05 Å². The van der Waals surface area contributed by atoms with E-state index in [0.717, 1.165) is 29.8 Å². The van der Waals surface area contributed by atoms with Gasteiger partial charge in [-0.05, 0) is 43.7 Å². The first-order chi connectivity index (χ1) is 13.8. The van der Waals surface area contributed by atoms with Crippen LogP contribution in [0.3, 0.4) is 0 Å². The average molecular weight is 560 g/mol. The van der Waals surface area contributed by atoms with Crippen molar-refractivity contribution < 1.29 is 17.9 Å². The fraction of sp³-hybridized carbons (Fsp3) is 0.667. The van der Waals surface area contributed by atoms with Crippen LogP contribution in [0.15, 0.2) is 29.3 Å². The van der Waals surface area contributed by atoms with Gasteiger partial charge in [-0.3, -0.25) is 4.99 Å². The molecule has 2 aliphatic rings. The molecular formula is C21H30ClF3IN3O. The number of hydrogen-bond acceptors (Lipinski definition) is 2. The van der Waals surface area contributed by atoms with Crippen LogP contribution >= 0.6 is 35.6 Å². The van der Waals surface area contributed by atoms with E-state index in [0.29, 0.717) is 32.1 Å². The second-order valence-corrected chi connectivity index (χ2v) is 8.45. The third-order valence-electron chi connectivity index (χ3n) is 6.19. The van der Waals surface area contributed by atoms with E-state index in [2.05, 4.69) is 15.6 Å². The maximum absolute atomic E-state index is 13.1. The minimum atomic E-state index is -4.13. The summed E-state index contributed by atoms with van der Waals surface area (Å²) < 4.78 is 44.9. The minimum absolute atomic E-state index is 0. The second-order valence-electron chi connectivity index (χ2n) is 8.04. The number of nitrogens with one attached hydrogen (secondary N) is 2. The summed E-state index contributed by atoms with van der Waals surface area (Å²) in [4.78, 5) is 4.25. The molecule has 1 saturated carbocycles. The van der Waals surface area contributed by atoms with Gasteiger partial charge < -0.3 is 15.4 Å². The molecule has 2 N–H and O–H groups in total. The first-order valence-electron chi connectivity index (χ1n) is 10.2. The highest BCUT2D eigenvalue weighted by atomic mass is 127. The lowest BCUT2D eigenvalue weighted by molar-refractivity contribution is -0.183. The molecule has 1 aromatic rings. The lowest BCUT2D eigenvalue weighted by Gasteiger charge is -2.39. The number of aliphatic imine (C=N–C) groups is 1. The van der Waals surface area contributed by atoms with Gasteiger partial charge in [0.05, 0.1) is 5.92 Å². The normalized spacial score (nSPS) is 24.6. The molecule has 1 aliphatic heterocycles. The number of alkyl halides is 3. The van der Waals surface area contributed by atoms with Crippen LogP contribution in [-0.4, -0.2) is 45.0 Å². The van der Waals surface area contributed by atoms with Crippen LogP contribution in [0.4, 0.5) is 13.2 Å². The van der Waals surface area contributed by atoms with Gasteiger partial charge in [-0.1, -0.05) is 36.2 Å². The molecule has 0 radical (unpaired) electrons. The van der Waals surface area contributed by atoms with Gasteiger partial charge >= 0.3 is 6.18 Å². The summed E-state index contributed by atoms with van der Waals surface area (Å²) >= 11 is 6.49. The SMILES string of the molecule is CN=C(NCC1(c2ccccc2Cl)CCOCC1)NC1CCCC(C(F)(F)F)C1.I. The number of rotatable bonds is 4. The smallest absolute Gasteiger partial charge is 0.381 e. The van der Waals surface area contributed by atoms with Gasteiger partial charge in [-0.25, -0.2) is 0 Å². The van der Waals surface area contributed by atoms with Crippen molar-refractivity contribution in [3.05, 3.63) is 34.9 Å². The Balaban J connectivity index is 0.00000320. The van der Waals surface area contributed by atoms with E-state index in [9.17, 15) is 13.2 Å². The molecule has 0 bridgehead atoms. The Morgan fingerprint density at radius 1 is 1.23 bits per heavy atom. The van der Waals surface area contributed by atoms with Gasteiger partial charge in [0, 0.05) is 43.3 Å². The highest BCUT2D eigenvalue weighted by Crippen LogP contribution is 2.39. The second kappa shape index (κ2) is 11.2. The molecule has 1 saturated heterocycles. The Bertz CT molecular complexity index is 711. The summed E-state index contributed by atoms with van der Waals surface area (Å²) in [6.07, 6.45) is -0.901. The van der Waals surface area contributed by atoms with Crippen LogP contribution in [0.2, 0.25) is 5.02 Å². The average Bonchev–Trinajstić information content (AvgIpc) is 2.71. The summed E-state index contributed by atoms with van der Waals surface area (Å²) in [6, 6.07) is 7.59. The molecule has 1 aromatic carbocycles. The monoisotopic (exact) mass is 559 g/mol. The van der Waals surface area contributed by atoms with Gasteiger partial charge in [0.2, 0.25) is 0 Å². The topological polar surface area (TPSA) is 45.7 Å². The maximum atomic E-state index is 13.1. The van der Waals surface area contributed by atoms with Gasteiger partial charge in [-0.2, -0.15) is 13.2 Å². The van der Waals surface area contributed by atoms with E-state index in [1.807, 2.05) is 24.3 Å². The number of halogens is 5. The largest absolute Gasteiger partial charge is 0.391 e. The third-order valence-corrected chi connectivity index (χ3v) is 6.52. The van der Waals surface area contributed by atoms with Crippen LogP contribution in [0.5, 0.6) is 0 Å². The Morgan fingerprint density at radius 2 is 1.93 bits per heavy atom. The van der Waals surface area contributed by atoms with Crippen molar-refractivity contribution in [2.45, 2.75) is 56.2 Å². The number of nitrogens with zero attached hydrogens (tertiary/aromatic N) is 1. The van der Waals surface area contributed by atoms with Gasteiger partial charge in [0.25, 0.3) is 0 Å². The van der Waals surface area contributed by atoms with Crippen LogP contribution < -0.4 is 10.6 Å². The molecule has 1 heterocycles. The molecule has 9 heteroatoms. The van der Waals surface area contributed by atoms with Gasteiger partial charge in [-0.15, -0.1) is 24.0 Å². The van der Waals surface area contributed by atoms with Crippen LogP contribution in [-0.2, 0) is 10.2 Å². The fourth-order valence-corrected chi connectivity index (χ4v) is 4.79. The van der Waals surface area contributed by atoms with Crippen LogP contribution in [0, 0.1) is 5.92 Å². The van der Waals surface area contributed by atoms with E-state index in [1.165, 1.54) is 0 Å². The molecule has 2 atom stereocenters. The summed E-state index contributed by atoms with van der Waals surface area (Å²) in [7, 11) is 1.64. The van der Waals surface area contributed by atoms with Crippen molar-refractivity contribution in [3.8, 4) is 0 Å². The van der Waals surface area contributed by atoms with Crippen molar-refractivity contribution in [3.63, 3.8) is 0 Å². The van der Waals surface area contributed by atoms with Crippen LogP contribution in [0.25, 0.3) is 0 Å². The summed E-state index contributed by atoms with van der Waals surface area (Å²) in [5.41, 5.74) is 0.873. The van der Waals surface area contributed by atoms with Crippen LogP contribution in [0.1, 0.15) is 44.1 Å². The molecule has 2 unspecified atom stereocenters. The van der Waals surface area contributed by atoms with E-state index in [-0.39, 0.29) is 48.3 Å². The molecule has 0 spiro atoms. The Labute approximate surface area is 198 Å².